The summed E-state index contributed by atoms with van der Waals surface area (Å²) in [5.41, 5.74) is 10.7. The van der Waals surface area contributed by atoms with Gasteiger partial charge in [-0.25, -0.2) is 0 Å². The van der Waals surface area contributed by atoms with Crippen molar-refractivity contribution < 1.29 is 24.2 Å². The van der Waals surface area contributed by atoms with Crippen LogP contribution in [0, 0.1) is 0 Å². The Balaban J connectivity index is 1.13. The lowest BCUT2D eigenvalue weighted by molar-refractivity contribution is -0.245. The van der Waals surface area contributed by atoms with E-state index in [1.807, 2.05) is 66.7 Å². The summed E-state index contributed by atoms with van der Waals surface area (Å²) in [5, 5.41) is 15.2. The maximum atomic E-state index is 12.4. The number of anilines is 2. The van der Waals surface area contributed by atoms with E-state index in [0.717, 1.165) is 34.4 Å². The highest BCUT2D eigenvalue weighted by atomic mass is 32.2. The van der Waals surface area contributed by atoms with Gasteiger partial charge >= 0.3 is 0 Å². The van der Waals surface area contributed by atoms with Gasteiger partial charge in [-0.2, -0.15) is 0 Å². The fourth-order valence-electron chi connectivity index (χ4n) is 5.04. The van der Waals surface area contributed by atoms with Crippen LogP contribution in [0.3, 0.4) is 0 Å². The van der Waals surface area contributed by atoms with E-state index in [1.165, 1.54) is 4.90 Å². The van der Waals surface area contributed by atoms with E-state index in [0.29, 0.717) is 24.3 Å². The molecule has 9 heteroatoms. The number of thioether (sulfide) groups is 1. The molecule has 0 bridgehead atoms. The second-order valence-corrected chi connectivity index (χ2v) is 12.1. The molecular weight excluding hydrogens is 586 g/mol. The molecule has 234 valence electrons. The lowest BCUT2D eigenvalue weighted by Crippen LogP contribution is -2.31. The molecule has 1 aliphatic rings. The predicted octanol–water partition coefficient (Wildman–Crippen LogP) is 6.52. The van der Waals surface area contributed by atoms with Gasteiger partial charge in [-0.05, 0) is 47.4 Å². The summed E-state index contributed by atoms with van der Waals surface area (Å²) in [6, 6.07) is 33.1. The van der Waals surface area contributed by atoms with Crippen LogP contribution < -0.4 is 16.4 Å². The quantitative estimate of drug-likeness (QED) is 0.0985. The molecule has 1 fully saturated rings. The summed E-state index contributed by atoms with van der Waals surface area (Å²) in [5.74, 6) is 0.508. The van der Waals surface area contributed by atoms with Crippen LogP contribution in [0.15, 0.2) is 108 Å². The maximum Gasteiger partial charge on any atom is 0.224 e. The molecule has 0 aliphatic carbocycles. The van der Waals surface area contributed by atoms with E-state index >= 15 is 0 Å². The third-order valence-electron chi connectivity index (χ3n) is 7.58. The summed E-state index contributed by atoms with van der Waals surface area (Å²) in [6.45, 7) is 0.386. The first-order valence-corrected chi connectivity index (χ1v) is 16.1. The monoisotopic (exact) mass is 625 g/mol. The number of hydrogen-bond acceptors (Lipinski definition) is 7. The van der Waals surface area contributed by atoms with E-state index in [9.17, 15) is 14.7 Å². The van der Waals surface area contributed by atoms with E-state index < -0.39 is 6.29 Å². The minimum absolute atomic E-state index is 0.00250. The Kier molecular flexibility index (Phi) is 11.6. The second kappa shape index (κ2) is 16.2. The third-order valence-corrected chi connectivity index (χ3v) is 8.72. The summed E-state index contributed by atoms with van der Waals surface area (Å²) >= 11 is 1.77. The van der Waals surface area contributed by atoms with Crippen LogP contribution in [-0.2, 0) is 32.2 Å². The molecule has 4 aromatic rings. The molecular formula is C36H39N3O5S. The number of nitrogens with one attached hydrogen (secondary N) is 2. The van der Waals surface area contributed by atoms with Gasteiger partial charge in [0.05, 0.1) is 30.2 Å². The van der Waals surface area contributed by atoms with Crippen LogP contribution in [0.25, 0.3) is 0 Å². The minimum Gasteiger partial charge on any atom is -0.397 e. The normalized spacial score (nSPS) is 17.8. The Labute approximate surface area is 268 Å². The number of para-hydroxylation sites is 2. The molecule has 8 nitrogen and oxygen atoms in total. The molecule has 1 saturated heterocycles. The topological polar surface area (TPSA) is 123 Å². The summed E-state index contributed by atoms with van der Waals surface area (Å²) in [4.78, 5) is 25.8. The number of nitrogen functional groups attached to an aromatic ring is 1. The number of aliphatic hydroxyl groups excluding tert-OH is 1. The first kappa shape index (κ1) is 32.2. The molecule has 0 saturated carbocycles. The molecule has 0 radical (unpaired) electrons. The molecule has 3 unspecified atom stereocenters. The van der Waals surface area contributed by atoms with Gasteiger partial charge in [-0.3, -0.25) is 9.59 Å². The van der Waals surface area contributed by atoms with Gasteiger partial charge in [0, 0.05) is 42.0 Å². The van der Waals surface area contributed by atoms with Crippen LogP contribution in [0.5, 0.6) is 0 Å². The largest absolute Gasteiger partial charge is 0.397 e. The predicted molar refractivity (Wildman–Crippen MR) is 177 cm³/mol. The molecule has 1 aliphatic heterocycles. The molecule has 1 heterocycles. The van der Waals surface area contributed by atoms with Gasteiger partial charge in [0.15, 0.2) is 6.29 Å². The fourth-order valence-corrected chi connectivity index (χ4v) is 5.99. The van der Waals surface area contributed by atoms with Gasteiger partial charge < -0.3 is 30.9 Å². The van der Waals surface area contributed by atoms with Crippen molar-refractivity contribution in [2.45, 2.75) is 62.2 Å². The third kappa shape index (κ3) is 9.67. The zero-order chi connectivity index (χ0) is 31.4. The van der Waals surface area contributed by atoms with E-state index in [4.69, 9.17) is 15.2 Å². The van der Waals surface area contributed by atoms with Gasteiger partial charge in [0.1, 0.15) is 0 Å². The number of carbonyl (C=O) groups excluding carboxylic acids is 2. The zero-order valence-corrected chi connectivity index (χ0v) is 25.9. The van der Waals surface area contributed by atoms with Gasteiger partial charge in [-0.1, -0.05) is 78.9 Å². The molecule has 5 N–H and O–H groups in total. The van der Waals surface area contributed by atoms with Crippen molar-refractivity contribution in [3.8, 4) is 0 Å². The van der Waals surface area contributed by atoms with Gasteiger partial charge in [0.25, 0.3) is 0 Å². The highest BCUT2D eigenvalue weighted by Gasteiger charge is 2.32. The molecule has 5 rings (SSSR count). The Morgan fingerprint density at radius 2 is 1.47 bits per heavy atom. The van der Waals surface area contributed by atoms with Crippen molar-refractivity contribution in [3.05, 3.63) is 125 Å². The molecule has 0 aromatic heterocycles. The average molecular weight is 626 g/mol. The minimum atomic E-state index is -0.538. The molecule has 3 atom stereocenters. The van der Waals surface area contributed by atoms with Crippen molar-refractivity contribution in [3.63, 3.8) is 0 Å². The van der Waals surface area contributed by atoms with Crippen LogP contribution in [0.4, 0.5) is 11.4 Å². The Hall–Kier alpha value is -4.15. The lowest BCUT2D eigenvalue weighted by atomic mass is 10.0. The van der Waals surface area contributed by atoms with Crippen molar-refractivity contribution in [2.24, 2.45) is 0 Å². The molecule has 0 spiro atoms. The maximum absolute atomic E-state index is 12.4. The Morgan fingerprint density at radius 3 is 2.20 bits per heavy atom. The lowest BCUT2D eigenvalue weighted by Gasteiger charge is -2.36. The number of benzene rings is 4. The number of rotatable bonds is 13. The number of ether oxygens (including phenoxy) is 2. The van der Waals surface area contributed by atoms with Crippen LogP contribution in [-0.4, -0.2) is 28.8 Å². The number of hydrogen-bond donors (Lipinski definition) is 4. The van der Waals surface area contributed by atoms with E-state index in [2.05, 4.69) is 22.8 Å². The molecule has 45 heavy (non-hydrogen) atoms. The Morgan fingerprint density at radius 1 is 0.800 bits per heavy atom. The number of nitrogens with two attached hydrogens (primary N) is 1. The summed E-state index contributed by atoms with van der Waals surface area (Å²) < 4.78 is 12.9. The molecule has 2 amide bonds. The van der Waals surface area contributed by atoms with Gasteiger partial charge in [-0.15, -0.1) is 11.8 Å². The fraction of sp³-hybridized carbons (Fsp3) is 0.278. The standard InChI is InChI=1S/C36H39N3O5S/c37-31-9-4-5-10-32(31)39-35(42)12-6-11-34(41)38-22-25-13-19-28(20-14-25)36-43-29(24-45-30-7-2-1-3-8-30)21-33(44-36)27-17-15-26(23-40)16-18-27/h1-5,7-10,13-20,29,33,36,40H,6,11-12,21-24,37H2,(H,38,41)(H,39,42). The molecule has 4 aromatic carbocycles. The van der Waals surface area contributed by atoms with Crippen LogP contribution in [0.2, 0.25) is 0 Å². The second-order valence-electron chi connectivity index (χ2n) is 11.0. The van der Waals surface area contributed by atoms with Crippen LogP contribution >= 0.6 is 11.8 Å². The van der Waals surface area contributed by atoms with Crippen molar-refractivity contribution in [1.82, 2.24) is 5.32 Å². The summed E-state index contributed by atoms with van der Waals surface area (Å²) in [7, 11) is 0. The first-order chi connectivity index (χ1) is 22.0. The van der Waals surface area contributed by atoms with Gasteiger partial charge in [0.2, 0.25) is 11.8 Å². The van der Waals surface area contributed by atoms with Crippen molar-refractivity contribution in [1.29, 1.82) is 0 Å². The highest BCUT2D eigenvalue weighted by molar-refractivity contribution is 7.99. The van der Waals surface area contributed by atoms with E-state index in [1.54, 1.807) is 36.0 Å². The zero-order valence-electron chi connectivity index (χ0n) is 25.1. The van der Waals surface area contributed by atoms with Crippen molar-refractivity contribution in [2.75, 3.05) is 16.8 Å². The number of aliphatic hydroxyl groups is 1. The summed E-state index contributed by atoms with van der Waals surface area (Å²) in [6.07, 6.45) is 0.932. The number of carbonyl (C=O) groups is 2. The van der Waals surface area contributed by atoms with Crippen molar-refractivity contribution >= 4 is 35.0 Å². The number of amides is 2. The van der Waals surface area contributed by atoms with Crippen LogP contribution in [0.1, 0.15) is 60.3 Å². The first-order valence-electron chi connectivity index (χ1n) is 15.1. The van der Waals surface area contributed by atoms with E-state index in [-0.39, 0.29) is 43.5 Å². The Bertz CT molecular complexity index is 1530. The average Bonchev–Trinajstić information content (AvgIpc) is 3.08. The SMILES string of the molecule is Nc1ccccc1NC(=O)CCCC(=O)NCc1ccc(C2OC(CSc3ccccc3)CC(c3ccc(CO)cc3)O2)cc1. The highest BCUT2D eigenvalue weighted by Crippen LogP contribution is 2.39. The smallest absolute Gasteiger partial charge is 0.224 e.